The molecule has 0 unspecified atom stereocenters. The van der Waals surface area contributed by atoms with Gasteiger partial charge in [0.1, 0.15) is 18.0 Å². The van der Waals surface area contributed by atoms with E-state index in [4.69, 9.17) is 19.9 Å². The number of para-hydroxylation sites is 3. The number of rotatable bonds is 6. The van der Waals surface area contributed by atoms with Crippen molar-refractivity contribution < 1.29 is 14.2 Å². The highest BCUT2D eigenvalue weighted by Crippen LogP contribution is 2.37. The molecule has 4 nitrogen and oxygen atoms in total. The molecule has 0 atom stereocenters. The summed E-state index contributed by atoms with van der Waals surface area (Å²) in [5.41, 5.74) is 7.61. The monoisotopic (exact) mass is 321 g/mol. The van der Waals surface area contributed by atoms with E-state index in [1.165, 1.54) is 0 Å². The lowest BCUT2D eigenvalue weighted by molar-refractivity contribution is 0.291. The molecule has 0 aliphatic heterocycles. The maximum Gasteiger partial charge on any atom is 0.169 e. The van der Waals surface area contributed by atoms with Crippen LogP contribution in [0.3, 0.4) is 0 Å². The van der Waals surface area contributed by atoms with Crippen molar-refractivity contribution in [2.75, 3.05) is 12.8 Å². The molecular formula is C20H19NO3. The number of methoxy groups -OCH3 is 1. The first-order chi connectivity index (χ1) is 11.8. The van der Waals surface area contributed by atoms with E-state index in [0.29, 0.717) is 35.3 Å². The molecule has 0 radical (unpaired) electrons. The Kier molecular flexibility index (Phi) is 4.87. The molecule has 122 valence electrons. The van der Waals surface area contributed by atoms with Gasteiger partial charge in [-0.1, -0.05) is 48.5 Å². The van der Waals surface area contributed by atoms with Gasteiger partial charge in [-0.15, -0.1) is 0 Å². The Morgan fingerprint density at radius 1 is 0.708 bits per heavy atom. The van der Waals surface area contributed by atoms with E-state index in [1.807, 2.05) is 60.7 Å². The molecule has 0 amide bonds. The van der Waals surface area contributed by atoms with Crippen molar-refractivity contribution in [1.29, 1.82) is 0 Å². The summed E-state index contributed by atoms with van der Waals surface area (Å²) in [7, 11) is 1.58. The van der Waals surface area contributed by atoms with Crippen LogP contribution in [0.1, 0.15) is 5.56 Å². The molecule has 0 heterocycles. The van der Waals surface area contributed by atoms with Gasteiger partial charge in [0, 0.05) is 0 Å². The third-order valence-electron chi connectivity index (χ3n) is 3.55. The van der Waals surface area contributed by atoms with Crippen molar-refractivity contribution in [3.05, 3.63) is 78.4 Å². The summed E-state index contributed by atoms with van der Waals surface area (Å²) in [6, 6.07) is 22.9. The van der Waals surface area contributed by atoms with E-state index in [2.05, 4.69) is 0 Å². The highest BCUT2D eigenvalue weighted by molar-refractivity contribution is 5.64. The topological polar surface area (TPSA) is 53.7 Å². The van der Waals surface area contributed by atoms with E-state index in [0.717, 1.165) is 5.56 Å². The smallest absolute Gasteiger partial charge is 0.169 e. The van der Waals surface area contributed by atoms with Gasteiger partial charge in [-0.25, -0.2) is 0 Å². The molecule has 3 aromatic carbocycles. The molecule has 0 fully saturated rings. The zero-order chi connectivity index (χ0) is 16.8. The SMILES string of the molecule is COc1cccc(Oc2ccccc2OCc2ccccc2)c1N. The maximum absolute atomic E-state index is 6.07. The maximum atomic E-state index is 6.07. The molecule has 0 aromatic heterocycles. The van der Waals surface area contributed by atoms with E-state index >= 15 is 0 Å². The van der Waals surface area contributed by atoms with Gasteiger partial charge >= 0.3 is 0 Å². The zero-order valence-electron chi connectivity index (χ0n) is 13.4. The Morgan fingerprint density at radius 3 is 2.08 bits per heavy atom. The summed E-state index contributed by atoms with van der Waals surface area (Å²) in [5, 5.41) is 0. The number of nitrogens with two attached hydrogens (primary N) is 1. The number of hydrogen-bond donors (Lipinski definition) is 1. The van der Waals surface area contributed by atoms with Crippen LogP contribution in [0.4, 0.5) is 5.69 Å². The van der Waals surface area contributed by atoms with Crippen LogP contribution in [0.2, 0.25) is 0 Å². The van der Waals surface area contributed by atoms with Crippen molar-refractivity contribution in [3.63, 3.8) is 0 Å². The molecule has 3 rings (SSSR count). The fraction of sp³-hybridized carbons (Fsp3) is 0.100. The van der Waals surface area contributed by atoms with Crippen LogP contribution in [-0.4, -0.2) is 7.11 Å². The minimum atomic E-state index is 0.456. The predicted octanol–water partition coefficient (Wildman–Crippen LogP) is 4.65. The molecule has 24 heavy (non-hydrogen) atoms. The van der Waals surface area contributed by atoms with Gasteiger partial charge in [0.15, 0.2) is 17.2 Å². The summed E-state index contributed by atoms with van der Waals surface area (Å²) >= 11 is 0. The minimum Gasteiger partial charge on any atom is -0.494 e. The Labute approximate surface area is 141 Å². The van der Waals surface area contributed by atoms with Crippen molar-refractivity contribution in [2.24, 2.45) is 0 Å². The van der Waals surface area contributed by atoms with Crippen LogP contribution in [0, 0.1) is 0 Å². The van der Waals surface area contributed by atoms with Gasteiger partial charge < -0.3 is 19.9 Å². The molecule has 0 bridgehead atoms. The van der Waals surface area contributed by atoms with Gasteiger partial charge in [0.2, 0.25) is 0 Å². The zero-order valence-corrected chi connectivity index (χ0v) is 13.4. The van der Waals surface area contributed by atoms with E-state index in [-0.39, 0.29) is 0 Å². The summed E-state index contributed by atoms with van der Waals surface area (Å²) in [5.74, 6) is 2.37. The molecule has 3 aromatic rings. The van der Waals surface area contributed by atoms with Crippen LogP contribution >= 0.6 is 0 Å². The number of hydrogen-bond acceptors (Lipinski definition) is 4. The summed E-state index contributed by atoms with van der Waals surface area (Å²) < 4.78 is 17.1. The molecule has 2 N–H and O–H groups in total. The van der Waals surface area contributed by atoms with Crippen LogP contribution < -0.4 is 19.9 Å². The number of benzene rings is 3. The standard InChI is InChI=1S/C20H19NO3/c1-22-18-12-7-13-19(20(18)21)24-17-11-6-5-10-16(17)23-14-15-8-3-2-4-9-15/h2-13H,14,21H2,1H3. The largest absolute Gasteiger partial charge is 0.494 e. The Bertz CT molecular complexity index is 803. The van der Waals surface area contributed by atoms with Crippen LogP contribution in [0.25, 0.3) is 0 Å². The predicted molar refractivity (Wildman–Crippen MR) is 94.7 cm³/mol. The van der Waals surface area contributed by atoms with Gasteiger partial charge in [0.25, 0.3) is 0 Å². The molecular weight excluding hydrogens is 302 g/mol. The van der Waals surface area contributed by atoms with Crippen LogP contribution in [-0.2, 0) is 6.61 Å². The lowest BCUT2D eigenvalue weighted by Gasteiger charge is -2.14. The Hall–Kier alpha value is -3.14. The van der Waals surface area contributed by atoms with Crippen LogP contribution in [0.5, 0.6) is 23.0 Å². The first-order valence-electron chi connectivity index (χ1n) is 7.64. The molecule has 0 spiro atoms. The molecule has 0 aliphatic rings. The van der Waals surface area contributed by atoms with E-state index in [1.54, 1.807) is 19.2 Å². The minimum absolute atomic E-state index is 0.456. The molecule has 0 aliphatic carbocycles. The average Bonchev–Trinajstić information content (AvgIpc) is 2.63. The summed E-state index contributed by atoms with van der Waals surface area (Å²) in [6.07, 6.45) is 0. The van der Waals surface area contributed by atoms with Crippen molar-refractivity contribution in [1.82, 2.24) is 0 Å². The molecule has 4 heteroatoms. The van der Waals surface area contributed by atoms with Crippen LogP contribution in [0.15, 0.2) is 72.8 Å². The van der Waals surface area contributed by atoms with Crippen molar-refractivity contribution >= 4 is 5.69 Å². The third kappa shape index (κ3) is 3.60. The molecule has 0 saturated heterocycles. The number of ether oxygens (including phenoxy) is 3. The van der Waals surface area contributed by atoms with Gasteiger partial charge in [-0.05, 0) is 29.8 Å². The third-order valence-corrected chi connectivity index (χ3v) is 3.55. The molecule has 0 saturated carbocycles. The summed E-state index contributed by atoms with van der Waals surface area (Å²) in [6.45, 7) is 0.467. The van der Waals surface area contributed by atoms with Crippen molar-refractivity contribution in [2.45, 2.75) is 6.61 Å². The van der Waals surface area contributed by atoms with Gasteiger partial charge in [0.05, 0.1) is 7.11 Å². The Morgan fingerprint density at radius 2 is 1.33 bits per heavy atom. The second-order valence-corrected chi connectivity index (χ2v) is 5.20. The first-order valence-corrected chi connectivity index (χ1v) is 7.64. The second kappa shape index (κ2) is 7.42. The lowest BCUT2D eigenvalue weighted by Crippen LogP contribution is -1.99. The second-order valence-electron chi connectivity index (χ2n) is 5.20. The quantitative estimate of drug-likeness (QED) is 0.672. The first kappa shape index (κ1) is 15.7. The normalized spacial score (nSPS) is 10.2. The lowest BCUT2D eigenvalue weighted by atomic mass is 10.2. The van der Waals surface area contributed by atoms with E-state index < -0.39 is 0 Å². The highest BCUT2D eigenvalue weighted by atomic mass is 16.5. The fourth-order valence-electron chi connectivity index (χ4n) is 2.30. The van der Waals surface area contributed by atoms with Gasteiger partial charge in [-0.2, -0.15) is 0 Å². The van der Waals surface area contributed by atoms with E-state index in [9.17, 15) is 0 Å². The van der Waals surface area contributed by atoms with Gasteiger partial charge in [-0.3, -0.25) is 0 Å². The number of anilines is 1. The fourth-order valence-corrected chi connectivity index (χ4v) is 2.30. The number of nitrogen functional groups attached to an aromatic ring is 1. The average molecular weight is 321 g/mol. The Balaban J connectivity index is 1.79. The summed E-state index contributed by atoms with van der Waals surface area (Å²) in [4.78, 5) is 0. The highest BCUT2D eigenvalue weighted by Gasteiger charge is 2.11. The van der Waals surface area contributed by atoms with Crippen molar-refractivity contribution in [3.8, 4) is 23.0 Å².